The van der Waals surface area contributed by atoms with Gasteiger partial charge in [0.05, 0.1) is 79.3 Å². The van der Waals surface area contributed by atoms with E-state index in [-0.39, 0.29) is 18.4 Å². The summed E-state index contributed by atoms with van der Waals surface area (Å²) in [6.45, 7) is 12.2. The summed E-state index contributed by atoms with van der Waals surface area (Å²) >= 11 is 0. The zero-order chi connectivity index (χ0) is 44.7. The number of aliphatic hydroxyl groups excluding tert-OH is 1. The molecule has 15 heteroatoms. The molecule has 8 heterocycles. The Balaban J connectivity index is 0.820. The Hall–Kier alpha value is -6.20. The van der Waals surface area contributed by atoms with Crippen LogP contribution in [0.3, 0.4) is 0 Å². The van der Waals surface area contributed by atoms with Crippen LogP contribution in [0.15, 0.2) is 91.4 Å². The van der Waals surface area contributed by atoms with Crippen LogP contribution in [0.2, 0.25) is 0 Å². The second-order valence-electron chi connectivity index (χ2n) is 17.8. The molecule has 15 nitrogen and oxygen atoms in total. The first kappa shape index (κ1) is 43.7. The first-order chi connectivity index (χ1) is 32.6. The van der Waals surface area contributed by atoms with Crippen LogP contribution in [0.5, 0.6) is 11.5 Å². The van der Waals surface area contributed by atoms with E-state index >= 15 is 0 Å². The van der Waals surface area contributed by atoms with Gasteiger partial charge in [-0.15, -0.1) is 0 Å². The fourth-order valence-corrected chi connectivity index (χ4v) is 9.68. The summed E-state index contributed by atoms with van der Waals surface area (Å²) in [7, 11) is 0. The van der Waals surface area contributed by atoms with Crippen molar-refractivity contribution in [3.63, 3.8) is 0 Å². The van der Waals surface area contributed by atoms with Crippen LogP contribution in [0.25, 0.3) is 38.1 Å². The Labute approximate surface area is 386 Å². The summed E-state index contributed by atoms with van der Waals surface area (Å²) in [5, 5.41) is 29.9. The van der Waals surface area contributed by atoms with Crippen molar-refractivity contribution in [2.45, 2.75) is 31.8 Å². The van der Waals surface area contributed by atoms with E-state index in [0.29, 0.717) is 26.4 Å². The number of piperidine rings is 2. The molecule has 6 aromatic rings. The molecule has 4 fully saturated rings. The predicted octanol–water partition coefficient (Wildman–Crippen LogP) is 6.72. The third-order valence-electron chi connectivity index (χ3n) is 13.5. The van der Waals surface area contributed by atoms with Crippen molar-refractivity contribution in [3.05, 3.63) is 96.2 Å². The molecule has 66 heavy (non-hydrogen) atoms. The van der Waals surface area contributed by atoms with Gasteiger partial charge in [0.2, 0.25) is 0 Å². The molecule has 0 amide bonds. The number of nitriles is 1. The maximum absolute atomic E-state index is 10.6. The lowest BCUT2D eigenvalue weighted by Crippen LogP contribution is -2.42. The lowest BCUT2D eigenvalue weighted by molar-refractivity contribution is 0.00465. The summed E-state index contributed by atoms with van der Waals surface area (Å²) in [5.41, 5.74) is 8.54. The molecule has 0 radical (unpaired) electrons. The molecular weight excluding hydrogens is 833 g/mol. The zero-order valence-corrected chi connectivity index (χ0v) is 37.6. The van der Waals surface area contributed by atoms with Crippen LogP contribution in [-0.2, 0) is 9.47 Å². The summed E-state index contributed by atoms with van der Waals surface area (Å²) in [6, 6.07) is 30.9. The zero-order valence-electron chi connectivity index (χ0n) is 37.6. The van der Waals surface area contributed by atoms with E-state index in [1.165, 1.54) is 0 Å². The van der Waals surface area contributed by atoms with E-state index in [1.807, 2.05) is 51.9 Å². The Morgan fingerprint density at radius 1 is 0.682 bits per heavy atom. The van der Waals surface area contributed by atoms with Crippen LogP contribution in [0, 0.1) is 29.2 Å². The minimum atomic E-state index is -0.567. The second-order valence-corrected chi connectivity index (χ2v) is 17.8. The predicted molar refractivity (Wildman–Crippen MR) is 255 cm³/mol. The molecule has 0 spiro atoms. The molecule has 4 aliphatic rings. The van der Waals surface area contributed by atoms with Crippen LogP contribution in [-0.4, -0.2) is 145 Å². The van der Waals surface area contributed by atoms with E-state index in [0.717, 1.165) is 160 Å². The van der Waals surface area contributed by atoms with E-state index in [1.54, 1.807) is 0 Å². The maximum atomic E-state index is 10.6. The molecule has 1 unspecified atom stereocenters. The van der Waals surface area contributed by atoms with Crippen molar-refractivity contribution in [2.24, 2.45) is 11.8 Å². The number of morpholine rings is 2. The molecule has 4 aromatic heterocycles. The van der Waals surface area contributed by atoms with Gasteiger partial charge in [0.1, 0.15) is 30.8 Å². The lowest BCUT2D eigenvalue weighted by Gasteiger charge is -2.31. The normalized spacial score (nSPS) is 18.5. The molecule has 4 aliphatic heterocycles. The number of benzene rings is 2. The summed E-state index contributed by atoms with van der Waals surface area (Å²) in [4.78, 5) is 14.4. The number of aliphatic hydroxyl groups is 1. The molecule has 2 aromatic carbocycles. The van der Waals surface area contributed by atoms with Gasteiger partial charge in [-0.25, -0.2) is 4.52 Å². The number of nitrogens with zero attached hydrogens (tertiary/aromatic N) is 10. The fourth-order valence-electron chi connectivity index (χ4n) is 9.68. The Kier molecular flexibility index (Phi) is 13.6. The molecular formula is C51H59N10O5+. The van der Waals surface area contributed by atoms with Gasteiger partial charge < -0.3 is 33.9 Å². The number of anilines is 2. The second kappa shape index (κ2) is 20.5. The molecule has 1 atom stereocenters. The van der Waals surface area contributed by atoms with Crippen LogP contribution in [0.4, 0.5) is 17.2 Å². The highest BCUT2D eigenvalue weighted by Crippen LogP contribution is 2.38. The monoisotopic (exact) mass is 891 g/mol. The number of pyridine rings is 2. The smallest absolute Gasteiger partial charge is 0.411 e. The summed E-state index contributed by atoms with van der Waals surface area (Å²) < 4.78 is 27.0. The maximum Gasteiger partial charge on any atom is 0.411 e. The van der Waals surface area contributed by atoms with Gasteiger partial charge >= 0.3 is 5.82 Å². The van der Waals surface area contributed by atoms with E-state index in [9.17, 15) is 10.4 Å². The molecule has 0 saturated carbocycles. The minimum Gasteiger partial charge on any atom is -0.492 e. The van der Waals surface area contributed by atoms with E-state index in [2.05, 4.69) is 80.3 Å². The molecule has 342 valence electrons. The quantitative estimate of drug-likeness (QED) is 0.132. The van der Waals surface area contributed by atoms with Crippen molar-refractivity contribution in [1.29, 1.82) is 5.26 Å². The third kappa shape index (κ3) is 9.96. The van der Waals surface area contributed by atoms with Crippen molar-refractivity contribution < 1.29 is 24.1 Å². The van der Waals surface area contributed by atoms with E-state index in [4.69, 9.17) is 34.0 Å². The van der Waals surface area contributed by atoms with Gasteiger partial charge in [-0.2, -0.15) is 15.2 Å². The number of β-amino-alcohol motifs (C(OH)–C–C–N with tert-alkyl or cyclic N) is 1. The van der Waals surface area contributed by atoms with Gasteiger partial charge in [-0.05, 0) is 79.3 Å². The number of hydrogen-bond donors (Lipinski definition) is 1. The SMILES string of the molecule is N#CC1CCN(c2ccc([N+]#CC3CCN(c4cccn5ncc(-c6ccc(OCC(O)CN7CCOCC7)cc6)c45)CC3)n3ncc(-c4ccc(OCCN5CCOCC5)cc4)c23)CC1. The van der Waals surface area contributed by atoms with Crippen molar-refractivity contribution in [3.8, 4) is 45.9 Å². The highest BCUT2D eigenvalue weighted by molar-refractivity contribution is 5.92. The van der Waals surface area contributed by atoms with Gasteiger partial charge in [-0.3, -0.25) is 9.80 Å². The van der Waals surface area contributed by atoms with E-state index < -0.39 is 6.10 Å². The van der Waals surface area contributed by atoms with Gasteiger partial charge in [0.25, 0.3) is 0 Å². The first-order valence-corrected chi connectivity index (χ1v) is 23.6. The number of hydrogen-bond acceptors (Lipinski definition) is 12. The minimum absolute atomic E-state index is 0.0914. The largest absolute Gasteiger partial charge is 0.492 e. The molecule has 1 N–H and O–H groups in total. The number of aromatic nitrogens is 4. The van der Waals surface area contributed by atoms with Gasteiger partial charge in [-0.1, -0.05) is 33.9 Å². The number of fused-ring (bicyclic) bond motifs is 2. The highest BCUT2D eigenvalue weighted by atomic mass is 16.5. The molecule has 4 saturated heterocycles. The van der Waals surface area contributed by atoms with Crippen molar-refractivity contribution in [2.75, 3.05) is 115 Å². The van der Waals surface area contributed by atoms with Crippen LogP contribution < -0.4 is 19.3 Å². The Bertz CT molecular complexity index is 2660. The number of ether oxygens (including phenoxy) is 4. The summed E-state index contributed by atoms with van der Waals surface area (Å²) in [6.07, 6.45) is 8.84. The van der Waals surface area contributed by atoms with Crippen molar-refractivity contribution in [1.82, 2.24) is 29.0 Å². The molecule has 10 rings (SSSR count). The topological polar surface area (TPSA) is 133 Å². The van der Waals surface area contributed by atoms with Gasteiger partial charge in [0, 0.05) is 83.1 Å². The standard InChI is InChI=1S/C51H59N10O5/c52-32-38-13-18-59(19-14-38)48-11-12-49(61-51(48)46(35-55-61)41-3-7-43(8-4-41)65-31-26-56-22-27-63-28-23-56)53-33-39-15-20-58(21-16-39)47-2-1-17-60-50(47)45(34-54-60)40-5-9-44(10-6-40)66-37-42(62)36-57-24-29-64-30-25-57/h1-12,17,34-35,38-39,42,62H,13-16,18-31,36-37H2/q+1. The average molecular weight is 892 g/mol. The Morgan fingerprint density at radius 2 is 1.27 bits per heavy atom. The number of rotatable bonds is 13. The Morgan fingerprint density at radius 3 is 1.94 bits per heavy atom. The third-order valence-corrected chi connectivity index (χ3v) is 13.5. The van der Waals surface area contributed by atoms with Crippen LogP contribution in [0.1, 0.15) is 25.7 Å². The van der Waals surface area contributed by atoms with Crippen LogP contribution >= 0.6 is 0 Å². The highest BCUT2D eigenvalue weighted by Gasteiger charge is 2.28. The first-order valence-electron chi connectivity index (χ1n) is 23.6. The fraction of sp³-hybridized carbons (Fsp3) is 0.451. The average Bonchev–Trinajstić information content (AvgIpc) is 4.03. The van der Waals surface area contributed by atoms with Gasteiger partial charge in [0.15, 0.2) is 11.6 Å². The summed E-state index contributed by atoms with van der Waals surface area (Å²) in [5.74, 6) is 2.60. The molecule has 0 bridgehead atoms. The van der Waals surface area contributed by atoms with Crippen molar-refractivity contribution >= 4 is 28.2 Å². The molecule has 0 aliphatic carbocycles. The lowest BCUT2D eigenvalue weighted by atomic mass is 9.97.